The van der Waals surface area contributed by atoms with Gasteiger partial charge in [0.15, 0.2) is 0 Å². The molecule has 4 heteroatoms. The summed E-state index contributed by atoms with van der Waals surface area (Å²) in [5.74, 6) is 0.656. The van der Waals surface area contributed by atoms with Gasteiger partial charge in [-0.3, -0.25) is 4.79 Å². The number of likely N-dealkylation sites (tertiary alicyclic amines) is 1. The van der Waals surface area contributed by atoms with Crippen molar-refractivity contribution in [2.45, 2.75) is 37.7 Å². The molecule has 1 N–H and O–H groups in total. The molecular weight excluding hydrogens is 206 g/mol. The van der Waals surface area contributed by atoms with Gasteiger partial charge in [-0.05, 0) is 31.6 Å². The highest BCUT2D eigenvalue weighted by Crippen LogP contribution is 2.44. The van der Waals surface area contributed by atoms with Gasteiger partial charge < -0.3 is 14.7 Å². The number of amides is 1. The van der Waals surface area contributed by atoms with Gasteiger partial charge in [-0.25, -0.2) is 0 Å². The van der Waals surface area contributed by atoms with Crippen LogP contribution in [0, 0.1) is 5.92 Å². The molecule has 0 radical (unpaired) electrons. The number of aliphatic hydroxyl groups is 1. The number of hydrogen-bond acceptors (Lipinski definition) is 3. The maximum atomic E-state index is 11.7. The van der Waals surface area contributed by atoms with E-state index >= 15 is 0 Å². The van der Waals surface area contributed by atoms with Crippen LogP contribution in [0.5, 0.6) is 0 Å². The second-order valence-electron chi connectivity index (χ2n) is 5.00. The maximum Gasteiger partial charge on any atom is 0.224 e. The third kappa shape index (κ3) is 2.55. The SMILES string of the molecule is COCCC(=O)N1CCC(O)(C2CC2)CC1. The van der Waals surface area contributed by atoms with Crippen molar-refractivity contribution in [3.8, 4) is 0 Å². The lowest BCUT2D eigenvalue weighted by Gasteiger charge is -2.38. The van der Waals surface area contributed by atoms with Crippen molar-refractivity contribution in [1.82, 2.24) is 4.90 Å². The van der Waals surface area contributed by atoms with E-state index in [4.69, 9.17) is 4.74 Å². The standard InChI is InChI=1S/C12H21NO3/c1-16-9-4-11(14)13-7-5-12(15,6-8-13)10-2-3-10/h10,15H,2-9H2,1H3. The molecule has 1 saturated heterocycles. The molecule has 92 valence electrons. The minimum Gasteiger partial charge on any atom is -0.389 e. The molecule has 2 rings (SSSR count). The molecule has 2 fully saturated rings. The van der Waals surface area contributed by atoms with Gasteiger partial charge in [0.1, 0.15) is 0 Å². The third-order valence-corrected chi connectivity index (χ3v) is 3.84. The van der Waals surface area contributed by atoms with Crippen molar-refractivity contribution in [2.75, 3.05) is 26.8 Å². The summed E-state index contributed by atoms with van der Waals surface area (Å²) in [6.45, 7) is 1.90. The number of ether oxygens (including phenoxy) is 1. The normalized spacial score (nSPS) is 24.5. The quantitative estimate of drug-likeness (QED) is 0.772. The first-order chi connectivity index (χ1) is 7.65. The fourth-order valence-electron chi connectivity index (χ4n) is 2.52. The van der Waals surface area contributed by atoms with Crippen LogP contribution < -0.4 is 0 Å². The molecule has 0 aromatic carbocycles. The molecule has 1 heterocycles. The summed E-state index contributed by atoms with van der Waals surface area (Å²) in [5.41, 5.74) is -0.474. The number of hydrogen-bond donors (Lipinski definition) is 1. The highest BCUT2D eigenvalue weighted by atomic mass is 16.5. The zero-order valence-corrected chi connectivity index (χ0v) is 9.95. The summed E-state index contributed by atoms with van der Waals surface area (Å²) in [7, 11) is 1.61. The van der Waals surface area contributed by atoms with E-state index in [0.717, 1.165) is 25.7 Å². The fraction of sp³-hybridized carbons (Fsp3) is 0.917. The van der Waals surface area contributed by atoms with Gasteiger partial charge in [-0.1, -0.05) is 0 Å². The van der Waals surface area contributed by atoms with E-state index in [-0.39, 0.29) is 5.91 Å². The van der Waals surface area contributed by atoms with E-state index < -0.39 is 5.60 Å². The van der Waals surface area contributed by atoms with Crippen molar-refractivity contribution in [2.24, 2.45) is 5.92 Å². The number of piperidine rings is 1. The summed E-state index contributed by atoms with van der Waals surface area (Å²) in [4.78, 5) is 13.6. The van der Waals surface area contributed by atoms with Crippen LogP contribution in [0.25, 0.3) is 0 Å². The van der Waals surface area contributed by atoms with Gasteiger partial charge in [0.2, 0.25) is 5.91 Å². The fourth-order valence-corrected chi connectivity index (χ4v) is 2.52. The van der Waals surface area contributed by atoms with Crippen LogP contribution in [0.3, 0.4) is 0 Å². The predicted molar refractivity (Wildman–Crippen MR) is 60.0 cm³/mol. The predicted octanol–water partition coefficient (Wildman–Crippen LogP) is 0.786. The lowest BCUT2D eigenvalue weighted by molar-refractivity contribution is -0.137. The molecule has 0 bridgehead atoms. The van der Waals surface area contributed by atoms with Crippen LogP contribution in [0.1, 0.15) is 32.1 Å². The minimum absolute atomic E-state index is 0.152. The summed E-state index contributed by atoms with van der Waals surface area (Å²) >= 11 is 0. The first-order valence-corrected chi connectivity index (χ1v) is 6.15. The molecule has 0 aromatic heterocycles. The number of methoxy groups -OCH3 is 1. The van der Waals surface area contributed by atoms with Crippen LogP contribution in [-0.2, 0) is 9.53 Å². The molecule has 1 saturated carbocycles. The van der Waals surface area contributed by atoms with Crippen LogP contribution in [0.15, 0.2) is 0 Å². The van der Waals surface area contributed by atoms with E-state index in [9.17, 15) is 9.90 Å². The van der Waals surface area contributed by atoms with Gasteiger partial charge >= 0.3 is 0 Å². The van der Waals surface area contributed by atoms with E-state index in [1.807, 2.05) is 4.90 Å². The lowest BCUT2D eigenvalue weighted by Crippen LogP contribution is -2.48. The highest BCUT2D eigenvalue weighted by molar-refractivity contribution is 5.76. The van der Waals surface area contributed by atoms with Crippen molar-refractivity contribution < 1.29 is 14.6 Å². The molecule has 0 spiro atoms. The Morgan fingerprint density at radius 3 is 2.56 bits per heavy atom. The Balaban J connectivity index is 1.78. The number of rotatable bonds is 4. The monoisotopic (exact) mass is 227 g/mol. The first kappa shape index (κ1) is 11.9. The Hall–Kier alpha value is -0.610. The zero-order valence-electron chi connectivity index (χ0n) is 9.95. The molecular formula is C12H21NO3. The molecule has 16 heavy (non-hydrogen) atoms. The van der Waals surface area contributed by atoms with Crippen LogP contribution in [0.4, 0.5) is 0 Å². The molecule has 0 atom stereocenters. The van der Waals surface area contributed by atoms with Gasteiger partial charge in [-0.15, -0.1) is 0 Å². The zero-order chi connectivity index (χ0) is 11.6. The highest BCUT2D eigenvalue weighted by Gasteiger charge is 2.45. The second-order valence-corrected chi connectivity index (χ2v) is 5.00. The molecule has 1 aliphatic heterocycles. The summed E-state index contributed by atoms with van der Waals surface area (Å²) in [6.07, 6.45) is 4.27. The Morgan fingerprint density at radius 2 is 2.06 bits per heavy atom. The topological polar surface area (TPSA) is 49.8 Å². The van der Waals surface area contributed by atoms with Crippen molar-refractivity contribution >= 4 is 5.91 Å². The third-order valence-electron chi connectivity index (χ3n) is 3.84. The van der Waals surface area contributed by atoms with E-state index in [1.165, 1.54) is 0 Å². The van der Waals surface area contributed by atoms with E-state index in [0.29, 0.717) is 32.0 Å². The smallest absolute Gasteiger partial charge is 0.224 e. The first-order valence-electron chi connectivity index (χ1n) is 6.15. The van der Waals surface area contributed by atoms with Gasteiger partial charge in [0.05, 0.1) is 18.6 Å². The van der Waals surface area contributed by atoms with Gasteiger partial charge in [-0.2, -0.15) is 0 Å². The maximum absolute atomic E-state index is 11.7. The van der Waals surface area contributed by atoms with Crippen molar-refractivity contribution in [3.05, 3.63) is 0 Å². The number of nitrogens with zero attached hydrogens (tertiary/aromatic N) is 1. The number of carbonyl (C=O) groups is 1. The van der Waals surface area contributed by atoms with Crippen molar-refractivity contribution in [3.63, 3.8) is 0 Å². The molecule has 1 aliphatic carbocycles. The van der Waals surface area contributed by atoms with Crippen molar-refractivity contribution in [1.29, 1.82) is 0 Å². The molecule has 4 nitrogen and oxygen atoms in total. The van der Waals surface area contributed by atoms with Crippen LogP contribution in [-0.4, -0.2) is 48.3 Å². The molecule has 0 unspecified atom stereocenters. The Labute approximate surface area is 96.6 Å². The average molecular weight is 227 g/mol. The lowest BCUT2D eigenvalue weighted by atomic mass is 9.86. The molecule has 0 aromatic rings. The Kier molecular flexibility index (Phi) is 3.50. The van der Waals surface area contributed by atoms with E-state index in [1.54, 1.807) is 7.11 Å². The summed E-state index contributed by atoms with van der Waals surface area (Å²) < 4.78 is 4.90. The molecule has 1 amide bonds. The Bertz CT molecular complexity index is 255. The largest absolute Gasteiger partial charge is 0.389 e. The number of carbonyl (C=O) groups excluding carboxylic acids is 1. The van der Waals surface area contributed by atoms with Crippen LogP contribution in [0.2, 0.25) is 0 Å². The van der Waals surface area contributed by atoms with Crippen LogP contribution >= 0.6 is 0 Å². The average Bonchev–Trinajstić information content (AvgIpc) is 3.11. The second kappa shape index (κ2) is 4.72. The van der Waals surface area contributed by atoms with Gasteiger partial charge in [0.25, 0.3) is 0 Å². The summed E-state index contributed by atoms with van der Waals surface area (Å²) in [6, 6.07) is 0. The van der Waals surface area contributed by atoms with Gasteiger partial charge in [0, 0.05) is 20.2 Å². The Morgan fingerprint density at radius 1 is 1.44 bits per heavy atom. The summed E-state index contributed by atoms with van der Waals surface area (Å²) in [5, 5.41) is 10.3. The molecule has 2 aliphatic rings. The van der Waals surface area contributed by atoms with E-state index in [2.05, 4.69) is 0 Å². The minimum atomic E-state index is -0.474.